The molecule has 0 spiro atoms. The Morgan fingerprint density at radius 2 is 2.10 bits per heavy atom. The molecule has 114 valence electrons. The molecular weight excluding hydrogens is 256 g/mol. The molecule has 2 heteroatoms. The molecule has 4 atom stereocenters. The van der Waals surface area contributed by atoms with Crippen molar-refractivity contribution in [3.63, 3.8) is 0 Å². The standard InChI is InChI=1S/C19H28N2/c1-13-3-5-16-11-18(7-8-19(16)20-13)21(2)12-17-10-14-4-6-15(17)9-14/h7-8,11,13-15,17,20H,3-6,9-10,12H2,1-2H3. The molecule has 3 aliphatic rings. The van der Waals surface area contributed by atoms with Crippen LogP contribution >= 0.6 is 0 Å². The normalized spacial score (nSPS) is 33.6. The second-order valence-electron chi connectivity index (χ2n) is 7.74. The molecule has 2 aliphatic carbocycles. The molecule has 1 aromatic rings. The largest absolute Gasteiger partial charge is 0.382 e. The van der Waals surface area contributed by atoms with E-state index >= 15 is 0 Å². The van der Waals surface area contributed by atoms with E-state index in [9.17, 15) is 0 Å². The number of hydrogen-bond donors (Lipinski definition) is 1. The number of aryl methyl sites for hydroxylation is 1. The van der Waals surface area contributed by atoms with Gasteiger partial charge in [-0.05, 0) is 80.5 Å². The van der Waals surface area contributed by atoms with Gasteiger partial charge in [-0.15, -0.1) is 0 Å². The summed E-state index contributed by atoms with van der Waals surface area (Å²) < 4.78 is 0. The average Bonchev–Trinajstić information content (AvgIpc) is 3.09. The first-order valence-corrected chi connectivity index (χ1v) is 8.79. The van der Waals surface area contributed by atoms with E-state index in [1.807, 2.05) is 0 Å². The van der Waals surface area contributed by atoms with Gasteiger partial charge in [-0.1, -0.05) is 6.42 Å². The van der Waals surface area contributed by atoms with Gasteiger partial charge in [0.15, 0.2) is 0 Å². The first-order valence-electron chi connectivity index (χ1n) is 8.79. The van der Waals surface area contributed by atoms with Crippen LogP contribution in [0.25, 0.3) is 0 Å². The van der Waals surface area contributed by atoms with Crippen molar-refractivity contribution in [1.82, 2.24) is 0 Å². The van der Waals surface area contributed by atoms with E-state index in [2.05, 4.69) is 42.4 Å². The molecule has 2 nitrogen and oxygen atoms in total. The Hall–Kier alpha value is -1.18. The molecule has 21 heavy (non-hydrogen) atoms. The van der Waals surface area contributed by atoms with E-state index in [-0.39, 0.29) is 0 Å². The van der Waals surface area contributed by atoms with Crippen molar-refractivity contribution in [1.29, 1.82) is 0 Å². The number of fused-ring (bicyclic) bond motifs is 3. The summed E-state index contributed by atoms with van der Waals surface area (Å²) in [5, 5.41) is 3.60. The molecular formula is C19H28N2. The van der Waals surface area contributed by atoms with Crippen LogP contribution in [-0.4, -0.2) is 19.6 Å². The highest BCUT2D eigenvalue weighted by Crippen LogP contribution is 2.48. The zero-order valence-electron chi connectivity index (χ0n) is 13.4. The van der Waals surface area contributed by atoms with Crippen LogP contribution in [0.1, 0.15) is 44.6 Å². The molecule has 2 fully saturated rings. The van der Waals surface area contributed by atoms with Crippen LogP contribution in [0.15, 0.2) is 18.2 Å². The Morgan fingerprint density at radius 3 is 2.86 bits per heavy atom. The summed E-state index contributed by atoms with van der Waals surface area (Å²) >= 11 is 0. The molecule has 1 N–H and O–H groups in total. The molecule has 1 aromatic carbocycles. The van der Waals surface area contributed by atoms with Crippen LogP contribution in [0.5, 0.6) is 0 Å². The smallest absolute Gasteiger partial charge is 0.0376 e. The number of nitrogens with zero attached hydrogens (tertiary/aromatic N) is 1. The van der Waals surface area contributed by atoms with Crippen molar-refractivity contribution in [3.05, 3.63) is 23.8 Å². The highest BCUT2D eigenvalue weighted by Gasteiger charge is 2.39. The lowest BCUT2D eigenvalue weighted by molar-refractivity contribution is 0.337. The van der Waals surface area contributed by atoms with Crippen LogP contribution in [0.4, 0.5) is 11.4 Å². The van der Waals surface area contributed by atoms with Crippen LogP contribution in [0.3, 0.4) is 0 Å². The van der Waals surface area contributed by atoms with Gasteiger partial charge >= 0.3 is 0 Å². The predicted octanol–water partition coefficient (Wildman–Crippen LogP) is 4.31. The zero-order valence-corrected chi connectivity index (χ0v) is 13.4. The minimum atomic E-state index is 0.620. The van der Waals surface area contributed by atoms with Crippen molar-refractivity contribution < 1.29 is 0 Å². The predicted molar refractivity (Wildman–Crippen MR) is 90.1 cm³/mol. The number of anilines is 2. The van der Waals surface area contributed by atoms with Crippen molar-refractivity contribution in [2.24, 2.45) is 17.8 Å². The van der Waals surface area contributed by atoms with Gasteiger partial charge in [0.25, 0.3) is 0 Å². The van der Waals surface area contributed by atoms with Gasteiger partial charge in [-0.25, -0.2) is 0 Å². The highest BCUT2D eigenvalue weighted by atomic mass is 15.1. The number of hydrogen-bond acceptors (Lipinski definition) is 2. The van der Waals surface area contributed by atoms with Crippen LogP contribution < -0.4 is 10.2 Å². The van der Waals surface area contributed by atoms with E-state index in [4.69, 9.17) is 0 Å². The SMILES string of the molecule is CC1CCc2cc(N(C)CC3CC4CCC3C4)ccc2N1. The Balaban J connectivity index is 1.46. The van der Waals surface area contributed by atoms with Crippen molar-refractivity contribution in [2.75, 3.05) is 23.8 Å². The van der Waals surface area contributed by atoms with E-state index in [0.717, 1.165) is 17.8 Å². The van der Waals surface area contributed by atoms with Gasteiger partial charge in [-0.3, -0.25) is 0 Å². The maximum atomic E-state index is 3.60. The molecule has 2 saturated carbocycles. The fourth-order valence-electron chi connectivity index (χ4n) is 4.93. The number of benzene rings is 1. The van der Waals surface area contributed by atoms with Crippen molar-refractivity contribution in [3.8, 4) is 0 Å². The van der Waals surface area contributed by atoms with Gasteiger partial charge in [0.1, 0.15) is 0 Å². The molecule has 4 rings (SSSR count). The summed E-state index contributed by atoms with van der Waals surface area (Å²) in [4.78, 5) is 2.50. The van der Waals surface area contributed by atoms with Crippen LogP contribution in [-0.2, 0) is 6.42 Å². The third-order valence-electron chi connectivity index (χ3n) is 6.17. The van der Waals surface area contributed by atoms with Gasteiger partial charge in [0, 0.05) is 31.0 Å². The Labute approximate surface area is 128 Å². The summed E-state index contributed by atoms with van der Waals surface area (Å²) in [6, 6.07) is 7.63. The second-order valence-corrected chi connectivity index (χ2v) is 7.74. The molecule has 1 aliphatic heterocycles. The minimum Gasteiger partial charge on any atom is -0.382 e. The summed E-state index contributed by atoms with van der Waals surface area (Å²) in [6.45, 7) is 3.53. The van der Waals surface area contributed by atoms with Crippen LogP contribution in [0, 0.1) is 17.8 Å². The van der Waals surface area contributed by atoms with Gasteiger partial charge < -0.3 is 10.2 Å². The number of nitrogens with one attached hydrogen (secondary N) is 1. The van der Waals surface area contributed by atoms with Gasteiger partial charge in [-0.2, -0.15) is 0 Å². The fourth-order valence-corrected chi connectivity index (χ4v) is 4.93. The van der Waals surface area contributed by atoms with Crippen molar-refractivity contribution in [2.45, 2.75) is 51.5 Å². The summed E-state index contributed by atoms with van der Waals surface area (Å²) in [7, 11) is 2.28. The molecule has 0 saturated heterocycles. The monoisotopic (exact) mass is 284 g/mol. The quantitative estimate of drug-likeness (QED) is 0.890. The topological polar surface area (TPSA) is 15.3 Å². The molecule has 0 aromatic heterocycles. The van der Waals surface area contributed by atoms with E-state index in [1.165, 1.54) is 62.0 Å². The average molecular weight is 284 g/mol. The maximum Gasteiger partial charge on any atom is 0.0376 e. The first kappa shape index (κ1) is 13.5. The molecule has 4 unspecified atom stereocenters. The molecule has 0 amide bonds. The Bertz CT molecular complexity index is 524. The summed E-state index contributed by atoms with van der Waals surface area (Å²) in [5.41, 5.74) is 4.27. The Kier molecular flexibility index (Phi) is 3.35. The van der Waals surface area contributed by atoms with Crippen LogP contribution in [0.2, 0.25) is 0 Å². The lowest BCUT2D eigenvalue weighted by Gasteiger charge is -2.30. The highest BCUT2D eigenvalue weighted by molar-refractivity contribution is 5.62. The third-order valence-corrected chi connectivity index (χ3v) is 6.17. The van der Waals surface area contributed by atoms with Crippen molar-refractivity contribution >= 4 is 11.4 Å². The first-order chi connectivity index (χ1) is 10.2. The zero-order chi connectivity index (χ0) is 14.4. The van der Waals surface area contributed by atoms with E-state index in [1.54, 1.807) is 0 Å². The molecule has 2 bridgehead atoms. The third kappa shape index (κ3) is 2.54. The summed E-state index contributed by atoms with van der Waals surface area (Å²) in [6.07, 6.45) is 8.48. The van der Waals surface area contributed by atoms with E-state index in [0.29, 0.717) is 6.04 Å². The molecule has 1 heterocycles. The fraction of sp³-hybridized carbons (Fsp3) is 0.684. The molecule has 0 radical (unpaired) electrons. The number of rotatable bonds is 3. The minimum absolute atomic E-state index is 0.620. The lowest BCUT2D eigenvalue weighted by Crippen LogP contribution is -2.29. The van der Waals surface area contributed by atoms with Gasteiger partial charge in [0.05, 0.1) is 0 Å². The second kappa shape index (κ2) is 5.23. The van der Waals surface area contributed by atoms with Gasteiger partial charge in [0.2, 0.25) is 0 Å². The Morgan fingerprint density at radius 1 is 1.19 bits per heavy atom. The summed E-state index contributed by atoms with van der Waals surface area (Å²) in [5.74, 6) is 3.03. The van der Waals surface area contributed by atoms with E-state index < -0.39 is 0 Å². The maximum absolute atomic E-state index is 3.60. The lowest BCUT2D eigenvalue weighted by atomic mass is 9.88.